The van der Waals surface area contributed by atoms with Crippen LogP contribution >= 0.6 is 0 Å². The molecule has 0 radical (unpaired) electrons. The van der Waals surface area contributed by atoms with E-state index in [1.165, 1.54) is 12.1 Å². The van der Waals surface area contributed by atoms with Crippen molar-refractivity contribution in [3.63, 3.8) is 0 Å². The van der Waals surface area contributed by atoms with Gasteiger partial charge in [0, 0.05) is 0 Å². The Morgan fingerprint density at radius 1 is 1.33 bits per heavy atom. The van der Waals surface area contributed by atoms with Crippen molar-refractivity contribution in [1.82, 2.24) is 0 Å². The van der Waals surface area contributed by atoms with E-state index in [2.05, 4.69) is 25.7 Å². The normalized spacial score (nSPS) is 10.1. The van der Waals surface area contributed by atoms with E-state index in [-0.39, 0.29) is 12.4 Å². The van der Waals surface area contributed by atoms with Crippen LogP contribution in [0.1, 0.15) is 32.3 Å². The zero-order valence-corrected chi connectivity index (χ0v) is 10.9. The summed E-state index contributed by atoms with van der Waals surface area (Å²) in [5.74, 6) is 5.92. The molecule has 1 rings (SSSR count). The molecule has 0 amide bonds. The zero-order valence-electron chi connectivity index (χ0n) is 10.9. The van der Waals surface area contributed by atoms with Gasteiger partial charge < -0.3 is 9.84 Å². The molecule has 0 aliphatic heterocycles. The fraction of sp³-hybridized carbons (Fsp3) is 0.467. The van der Waals surface area contributed by atoms with Crippen LogP contribution in [0.5, 0.6) is 5.75 Å². The summed E-state index contributed by atoms with van der Waals surface area (Å²) >= 11 is 0. The third-order valence-electron chi connectivity index (χ3n) is 2.87. The summed E-state index contributed by atoms with van der Waals surface area (Å²) in [6, 6.07) is 4.26. The van der Waals surface area contributed by atoms with Gasteiger partial charge in [0.25, 0.3) is 0 Å². The molecule has 2 nitrogen and oxygen atoms in total. The molecule has 0 bridgehead atoms. The highest BCUT2D eigenvalue weighted by molar-refractivity contribution is 5.46. The maximum absolute atomic E-state index is 13.1. The second kappa shape index (κ2) is 7.73. The van der Waals surface area contributed by atoms with Crippen LogP contribution in [0, 0.1) is 23.6 Å². The van der Waals surface area contributed by atoms with E-state index in [4.69, 9.17) is 9.84 Å². The van der Waals surface area contributed by atoms with E-state index in [1.807, 2.05) is 0 Å². The molecule has 0 saturated carbocycles. The summed E-state index contributed by atoms with van der Waals surface area (Å²) in [4.78, 5) is 0. The van der Waals surface area contributed by atoms with Crippen LogP contribution in [0.3, 0.4) is 0 Å². The van der Waals surface area contributed by atoms with Gasteiger partial charge in [0.15, 0.2) is 0 Å². The molecule has 98 valence electrons. The fourth-order valence-electron chi connectivity index (χ4n) is 1.59. The molecule has 0 aliphatic rings. The predicted molar refractivity (Wildman–Crippen MR) is 69.9 cm³/mol. The molecule has 3 heteroatoms. The molecule has 1 N–H and O–H groups in total. The lowest BCUT2D eigenvalue weighted by Crippen LogP contribution is -2.10. The van der Waals surface area contributed by atoms with Gasteiger partial charge in [0.05, 0.1) is 12.2 Å². The van der Waals surface area contributed by atoms with Crippen molar-refractivity contribution in [2.75, 3.05) is 13.2 Å². The highest BCUT2D eigenvalue weighted by Gasteiger charge is 2.07. The fourth-order valence-corrected chi connectivity index (χ4v) is 1.59. The Kier molecular flexibility index (Phi) is 6.24. The molecular formula is C15H19FO2. The minimum Gasteiger partial charge on any atom is -0.492 e. The third-order valence-corrected chi connectivity index (χ3v) is 2.87. The van der Waals surface area contributed by atoms with Crippen molar-refractivity contribution >= 4 is 0 Å². The molecule has 0 heterocycles. The molecule has 0 aliphatic carbocycles. The van der Waals surface area contributed by atoms with E-state index in [0.29, 0.717) is 23.8 Å². The Bertz CT molecular complexity index is 428. The van der Waals surface area contributed by atoms with Gasteiger partial charge in [-0.3, -0.25) is 0 Å². The second-order valence-electron chi connectivity index (χ2n) is 4.09. The number of halogens is 1. The van der Waals surface area contributed by atoms with Gasteiger partial charge in [0.2, 0.25) is 0 Å². The van der Waals surface area contributed by atoms with Gasteiger partial charge in [-0.25, -0.2) is 4.39 Å². The summed E-state index contributed by atoms with van der Waals surface area (Å²) in [6.07, 6.45) is 2.10. The second-order valence-corrected chi connectivity index (χ2v) is 4.09. The van der Waals surface area contributed by atoms with Crippen LogP contribution in [0.15, 0.2) is 18.2 Å². The zero-order chi connectivity index (χ0) is 13.4. The molecule has 0 fully saturated rings. The van der Waals surface area contributed by atoms with E-state index in [1.54, 1.807) is 6.07 Å². The van der Waals surface area contributed by atoms with Crippen molar-refractivity contribution in [1.29, 1.82) is 0 Å². The van der Waals surface area contributed by atoms with Crippen LogP contribution in [0.25, 0.3) is 0 Å². The number of hydrogen-bond acceptors (Lipinski definition) is 2. The lowest BCUT2D eigenvalue weighted by Gasteiger charge is -2.14. The average molecular weight is 250 g/mol. The molecule has 1 aromatic rings. The predicted octanol–water partition coefficient (Wildman–Crippen LogP) is 2.98. The Morgan fingerprint density at radius 2 is 2.06 bits per heavy atom. The molecular weight excluding hydrogens is 231 g/mol. The average Bonchev–Trinajstić information content (AvgIpc) is 2.39. The lowest BCUT2D eigenvalue weighted by atomic mass is 10.1. The van der Waals surface area contributed by atoms with Crippen molar-refractivity contribution in [2.24, 2.45) is 5.92 Å². The van der Waals surface area contributed by atoms with Crippen LogP contribution in [-0.2, 0) is 0 Å². The largest absolute Gasteiger partial charge is 0.492 e. The smallest absolute Gasteiger partial charge is 0.135 e. The Hall–Kier alpha value is -1.53. The van der Waals surface area contributed by atoms with Crippen molar-refractivity contribution < 1.29 is 14.2 Å². The minimum absolute atomic E-state index is 0.248. The van der Waals surface area contributed by atoms with Crippen LogP contribution in [0.2, 0.25) is 0 Å². The summed E-state index contributed by atoms with van der Waals surface area (Å²) in [5, 5.41) is 8.67. The quantitative estimate of drug-likeness (QED) is 0.814. The van der Waals surface area contributed by atoms with Gasteiger partial charge in [-0.2, -0.15) is 0 Å². The first-order chi connectivity index (χ1) is 8.71. The van der Waals surface area contributed by atoms with E-state index in [0.717, 1.165) is 12.8 Å². The molecule has 0 unspecified atom stereocenters. The maximum Gasteiger partial charge on any atom is 0.135 e. The number of aliphatic hydroxyl groups is 1. The molecule has 18 heavy (non-hydrogen) atoms. The summed E-state index contributed by atoms with van der Waals surface area (Å²) in [6.45, 7) is 4.60. The topological polar surface area (TPSA) is 29.5 Å². The number of rotatable bonds is 5. The SMILES string of the molecule is CCC(CC)COc1ccc(F)cc1C#CCO. The van der Waals surface area contributed by atoms with Gasteiger partial charge in [0.1, 0.15) is 18.2 Å². The Balaban J connectivity index is 2.81. The summed E-state index contributed by atoms with van der Waals surface area (Å²) in [5.41, 5.74) is 0.481. The Morgan fingerprint density at radius 3 is 2.67 bits per heavy atom. The number of benzene rings is 1. The number of hydrogen-bond donors (Lipinski definition) is 1. The first kappa shape index (κ1) is 14.5. The molecule has 1 aromatic carbocycles. The molecule has 0 atom stereocenters. The minimum atomic E-state index is -0.355. The highest BCUT2D eigenvalue weighted by atomic mass is 19.1. The highest BCUT2D eigenvalue weighted by Crippen LogP contribution is 2.20. The summed E-state index contributed by atoms with van der Waals surface area (Å²) < 4.78 is 18.8. The van der Waals surface area contributed by atoms with Crippen molar-refractivity contribution in [3.8, 4) is 17.6 Å². The monoisotopic (exact) mass is 250 g/mol. The van der Waals surface area contributed by atoms with Gasteiger partial charge in [-0.1, -0.05) is 38.5 Å². The molecule has 0 aromatic heterocycles. The first-order valence-electron chi connectivity index (χ1n) is 6.23. The summed E-state index contributed by atoms with van der Waals surface area (Å²) in [7, 11) is 0. The number of aliphatic hydroxyl groups excluding tert-OH is 1. The van der Waals surface area contributed by atoms with E-state index in [9.17, 15) is 4.39 Å². The van der Waals surface area contributed by atoms with E-state index < -0.39 is 0 Å². The lowest BCUT2D eigenvalue weighted by molar-refractivity contribution is 0.240. The number of ether oxygens (including phenoxy) is 1. The van der Waals surface area contributed by atoms with E-state index >= 15 is 0 Å². The van der Waals surface area contributed by atoms with Gasteiger partial charge in [-0.05, 0) is 24.1 Å². The van der Waals surface area contributed by atoms with Crippen molar-refractivity contribution in [2.45, 2.75) is 26.7 Å². The molecule has 0 saturated heterocycles. The molecule has 0 spiro atoms. The van der Waals surface area contributed by atoms with Crippen LogP contribution in [0.4, 0.5) is 4.39 Å². The van der Waals surface area contributed by atoms with Gasteiger partial charge in [-0.15, -0.1) is 0 Å². The van der Waals surface area contributed by atoms with Crippen molar-refractivity contribution in [3.05, 3.63) is 29.6 Å². The third kappa shape index (κ3) is 4.38. The van der Waals surface area contributed by atoms with Gasteiger partial charge >= 0.3 is 0 Å². The first-order valence-corrected chi connectivity index (χ1v) is 6.23. The standard InChI is InChI=1S/C15H19FO2/c1-3-12(4-2)11-18-15-8-7-14(16)10-13(15)6-5-9-17/h7-8,10,12,17H,3-4,9,11H2,1-2H3. The van der Waals surface area contributed by atoms with Crippen LogP contribution in [-0.4, -0.2) is 18.3 Å². The maximum atomic E-state index is 13.1. The Labute approximate surface area is 108 Å². The van der Waals surface area contributed by atoms with Crippen LogP contribution < -0.4 is 4.74 Å².